The molecule has 98 heavy (non-hydrogen) atoms. The third kappa shape index (κ3) is 18.7. The van der Waals surface area contributed by atoms with E-state index in [-0.39, 0.29) is 10.8 Å². The highest BCUT2D eigenvalue weighted by atomic mass is 32.1. The van der Waals surface area contributed by atoms with Crippen LogP contribution in [0, 0.1) is 0 Å². The van der Waals surface area contributed by atoms with Gasteiger partial charge in [0, 0.05) is 20.6 Å². The van der Waals surface area contributed by atoms with Crippen LogP contribution in [0.15, 0.2) is 181 Å². The van der Waals surface area contributed by atoms with Crippen molar-refractivity contribution in [3.8, 4) is 66.8 Å². The van der Waals surface area contributed by atoms with Crippen LogP contribution in [0.3, 0.4) is 0 Å². The Balaban J connectivity index is 1.03. The van der Waals surface area contributed by atoms with E-state index >= 15 is 0 Å². The molecule has 2 heteroatoms. The lowest BCUT2D eigenvalue weighted by atomic mass is 9.69. The third-order valence-corrected chi connectivity index (χ3v) is 24.2. The summed E-state index contributed by atoms with van der Waals surface area (Å²) in [6.45, 7) is 9.38. The van der Waals surface area contributed by atoms with Gasteiger partial charge in [0.2, 0.25) is 0 Å². The number of fused-ring (bicyclic) bond motifs is 6. The number of hydrogen-bond donors (Lipinski definition) is 0. The molecule has 2 aliphatic rings. The Morgan fingerprint density at radius 2 is 0.520 bits per heavy atom. The summed E-state index contributed by atoms with van der Waals surface area (Å²) >= 11 is 3.62. The molecule has 0 nitrogen and oxygen atoms in total. The summed E-state index contributed by atoms with van der Waals surface area (Å²) < 4.78 is 0. The number of benzene rings is 7. The first kappa shape index (κ1) is 72.7. The van der Waals surface area contributed by atoms with Crippen molar-refractivity contribution in [2.75, 3.05) is 0 Å². The van der Waals surface area contributed by atoms with Gasteiger partial charge in [-0.15, -0.1) is 22.7 Å². The second-order valence-electron chi connectivity index (χ2n) is 29.6. The quantitative estimate of drug-likeness (QED) is 0.0334. The van der Waals surface area contributed by atoms with E-state index in [1.54, 1.807) is 33.6 Å². The third-order valence-electron chi connectivity index (χ3n) is 22.5. The minimum atomic E-state index is -0.113. The fraction of sp³-hybridized carbons (Fsp3) is 0.438. The summed E-state index contributed by atoms with van der Waals surface area (Å²) in [5, 5.41) is 4.39. The van der Waals surface area contributed by atoms with E-state index in [4.69, 9.17) is 0 Å². The molecule has 0 unspecified atom stereocenters. The molecule has 0 bridgehead atoms. The van der Waals surface area contributed by atoms with E-state index in [0.717, 1.165) is 0 Å². The van der Waals surface area contributed by atoms with Gasteiger partial charge >= 0.3 is 0 Å². The SMILES string of the molecule is CCCCCCCCCCC1(CCCCCCCCCC)c2cc(-c3ccccc3)ccc2-c2ccc(-c3ccc4c(c3)C(CCCCCCCCCC)(CCCCCCCCCC)c3cc(-c5cc(/C=C/c6cccs6)c(-c6ccccc6)cc5/C=C/c5cccs5)ccc3-4)cc21. The van der Waals surface area contributed by atoms with Crippen LogP contribution in [-0.2, 0) is 10.8 Å². The molecule has 9 aromatic rings. The Hall–Kier alpha value is -6.58. The van der Waals surface area contributed by atoms with Crippen LogP contribution in [0.4, 0.5) is 0 Å². The molecule has 0 saturated heterocycles. The summed E-state index contributed by atoms with van der Waals surface area (Å²) in [7, 11) is 0. The van der Waals surface area contributed by atoms with E-state index in [1.165, 1.54) is 319 Å². The van der Waals surface area contributed by atoms with Crippen LogP contribution < -0.4 is 0 Å². The van der Waals surface area contributed by atoms with E-state index in [2.05, 4.69) is 233 Å². The molecule has 0 fully saturated rings. The first-order valence-corrected chi connectivity index (χ1v) is 41.5. The molecule has 0 spiro atoms. The highest BCUT2D eigenvalue weighted by molar-refractivity contribution is 7.11. The number of rotatable bonds is 44. The molecule has 2 heterocycles. The van der Waals surface area contributed by atoms with Crippen molar-refractivity contribution in [1.29, 1.82) is 0 Å². The van der Waals surface area contributed by atoms with Crippen LogP contribution in [0.25, 0.3) is 91.1 Å². The van der Waals surface area contributed by atoms with Gasteiger partial charge in [-0.05, 0) is 197 Å². The van der Waals surface area contributed by atoms with Crippen molar-refractivity contribution in [3.05, 3.63) is 224 Å². The normalized spacial score (nSPS) is 13.4. The van der Waals surface area contributed by atoms with Gasteiger partial charge in [-0.25, -0.2) is 0 Å². The summed E-state index contributed by atoms with van der Waals surface area (Å²) in [6.07, 6.45) is 57.0. The van der Waals surface area contributed by atoms with Crippen LogP contribution in [0.2, 0.25) is 0 Å². The summed E-state index contributed by atoms with van der Waals surface area (Å²) in [5.74, 6) is 0. The second kappa shape index (κ2) is 38.3. The van der Waals surface area contributed by atoms with Crippen LogP contribution in [-0.4, -0.2) is 0 Å². The lowest BCUT2D eigenvalue weighted by Gasteiger charge is -2.34. The van der Waals surface area contributed by atoms with Crippen molar-refractivity contribution in [1.82, 2.24) is 0 Å². The molecule has 0 atom stereocenters. The molecule has 0 saturated carbocycles. The molecule has 514 valence electrons. The van der Waals surface area contributed by atoms with Gasteiger partial charge in [-0.2, -0.15) is 0 Å². The Kier molecular flexibility index (Phi) is 28.4. The van der Waals surface area contributed by atoms with Crippen LogP contribution in [0.1, 0.15) is 302 Å². The lowest BCUT2D eigenvalue weighted by molar-refractivity contribution is 0.397. The Bertz CT molecular complexity index is 3830. The maximum absolute atomic E-state index is 2.76. The van der Waals surface area contributed by atoms with E-state index in [9.17, 15) is 0 Å². The fourth-order valence-electron chi connectivity index (χ4n) is 17.0. The second-order valence-corrected chi connectivity index (χ2v) is 31.5. The molecule has 0 aliphatic heterocycles. The molecule has 0 radical (unpaired) electrons. The Labute approximate surface area is 603 Å². The molecule has 2 aliphatic carbocycles. The smallest absolute Gasteiger partial charge is 0.0270 e. The van der Waals surface area contributed by atoms with Gasteiger partial charge in [-0.1, -0.05) is 367 Å². The lowest BCUT2D eigenvalue weighted by Crippen LogP contribution is -2.26. The molecule has 0 N–H and O–H groups in total. The highest BCUT2D eigenvalue weighted by Gasteiger charge is 2.45. The van der Waals surface area contributed by atoms with E-state index in [1.807, 2.05) is 11.3 Å². The molecule has 7 aromatic carbocycles. The average Bonchev–Trinajstić information content (AvgIpc) is 1.56. The summed E-state index contributed by atoms with van der Waals surface area (Å²) in [5.41, 5.74) is 25.2. The number of thiophene rings is 2. The standard InChI is InChI=1S/C96H118S2/c1-5-9-13-17-21-25-29-39-63-95(64-40-30-26-22-18-14-10-6-2)91-71-77(75-45-35-33-36-46-75)53-59-85(91)86-60-54-78(72-92(86)95)79-55-61-87-88-62-56-82(74-94(88)96(93(87)73-79,65-41-31-27-23-19-15-11-7-3)66-42-32-28-24-20-16-12-8-4)90-70-80(51-57-83-49-43-67-97-83)89(76-47-37-34-38-48-76)69-81(90)52-58-84-50-44-68-98-84/h33-38,43-62,67-74H,5-32,39-42,63-66H2,1-4H3/b57-51+,58-52+. The van der Waals surface area contributed by atoms with Crippen LogP contribution >= 0.6 is 22.7 Å². The van der Waals surface area contributed by atoms with Gasteiger partial charge < -0.3 is 0 Å². The summed E-state index contributed by atoms with van der Waals surface area (Å²) in [6, 6.07) is 67.3. The zero-order valence-corrected chi connectivity index (χ0v) is 62.5. The molecule has 0 amide bonds. The van der Waals surface area contributed by atoms with Gasteiger partial charge in [0.05, 0.1) is 0 Å². The minimum Gasteiger partial charge on any atom is -0.144 e. The van der Waals surface area contributed by atoms with Gasteiger partial charge in [0.15, 0.2) is 0 Å². The average molecular weight is 1340 g/mol. The molecular formula is C96H118S2. The zero-order chi connectivity index (χ0) is 67.5. The zero-order valence-electron chi connectivity index (χ0n) is 60.9. The van der Waals surface area contributed by atoms with Gasteiger partial charge in [-0.3, -0.25) is 0 Å². The van der Waals surface area contributed by atoms with Crippen molar-refractivity contribution < 1.29 is 0 Å². The van der Waals surface area contributed by atoms with Gasteiger partial charge in [0.25, 0.3) is 0 Å². The Morgan fingerprint density at radius 1 is 0.235 bits per heavy atom. The number of hydrogen-bond acceptors (Lipinski definition) is 2. The van der Waals surface area contributed by atoms with Crippen molar-refractivity contribution >= 4 is 47.0 Å². The van der Waals surface area contributed by atoms with Crippen molar-refractivity contribution in [2.24, 2.45) is 0 Å². The largest absolute Gasteiger partial charge is 0.144 e. The van der Waals surface area contributed by atoms with E-state index < -0.39 is 0 Å². The molecule has 2 aromatic heterocycles. The summed E-state index contributed by atoms with van der Waals surface area (Å²) in [4.78, 5) is 2.55. The molecular weight excluding hydrogens is 1220 g/mol. The van der Waals surface area contributed by atoms with E-state index in [0.29, 0.717) is 0 Å². The highest BCUT2D eigenvalue weighted by Crippen LogP contribution is 2.59. The maximum Gasteiger partial charge on any atom is 0.0270 e. The number of unbranched alkanes of at least 4 members (excludes halogenated alkanes) is 28. The molecule has 11 rings (SSSR count). The van der Waals surface area contributed by atoms with Crippen LogP contribution in [0.5, 0.6) is 0 Å². The predicted molar refractivity (Wildman–Crippen MR) is 436 cm³/mol. The predicted octanol–water partition coefficient (Wildman–Crippen LogP) is 31.5. The Morgan fingerprint density at radius 3 is 0.847 bits per heavy atom. The van der Waals surface area contributed by atoms with Crippen molar-refractivity contribution in [2.45, 2.75) is 270 Å². The first-order valence-electron chi connectivity index (χ1n) is 39.8. The minimum absolute atomic E-state index is 0.0349. The first-order chi connectivity index (χ1) is 48.5. The monoisotopic (exact) mass is 1330 g/mol. The van der Waals surface area contributed by atoms with Crippen molar-refractivity contribution in [3.63, 3.8) is 0 Å². The fourth-order valence-corrected chi connectivity index (χ4v) is 18.3. The maximum atomic E-state index is 2.76. The topological polar surface area (TPSA) is 0 Å². The van der Waals surface area contributed by atoms with Gasteiger partial charge in [0.1, 0.15) is 0 Å².